The van der Waals surface area contributed by atoms with E-state index in [4.69, 9.17) is 21.0 Å². The number of thioether (sulfide) groups is 1. The van der Waals surface area contributed by atoms with Crippen molar-refractivity contribution in [2.45, 2.75) is 17.9 Å². The highest BCUT2D eigenvalue weighted by Crippen LogP contribution is 2.26. The Morgan fingerprint density at radius 2 is 2.29 bits per heavy atom. The number of ether oxygens (including phenoxy) is 1. The van der Waals surface area contributed by atoms with Crippen LogP contribution in [0.2, 0.25) is 0 Å². The molecule has 1 aromatic rings. The minimum absolute atomic E-state index is 0.0501. The molecule has 0 saturated heterocycles. The van der Waals surface area contributed by atoms with Gasteiger partial charge in [0.15, 0.2) is 0 Å². The SMILES string of the molecule is COc1ccc(C(=N)N)cc1CSC(C)CO. The van der Waals surface area contributed by atoms with Gasteiger partial charge in [0.05, 0.1) is 13.7 Å². The van der Waals surface area contributed by atoms with Crippen LogP contribution in [0, 0.1) is 5.41 Å². The number of benzene rings is 1. The molecule has 0 fully saturated rings. The van der Waals surface area contributed by atoms with Crippen molar-refractivity contribution in [1.82, 2.24) is 0 Å². The van der Waals surface area contributed by atoms with Gasteiger partial charge in [-0.2, -0.15) is 11.8 Å². The van der Waals surface area contributed by atoms with Crippen LogP contribution in [0.5, 0.6) is 5.75 Å². The largest absolute Gasteiger partial charge is 0.496 e. The Balaban J connectivity index is 2.86. The smallest absolute Gasteiger partial charge is 0.122 e. The summed E-state index contributed by atoms with van der Waals surface area (Å²) in [5, 5.41) is 16.6. The molecule has 1 atom stereocenters. The first-order chi connectivity index (χ1) is 8.08. The fourth-order valence-corrected chi connectivity index (χ4v) is 2.14. The van der Waals surface area contributed by atoms with E-state index in [1.54, 1.807) is 24.9 Å². The molecule has 4 nitrogen and oxygen atoms in total. The van der Waals surface area contributed by atoms with Gasteiger partial charge in [0.2, 0.25) is 0 Å². The molecule has 0 aromatic heterocycles. The summed E-state index contributed by atoms with van der Waals surface area (Å²) in [6.45, 7) is 2.12. The maximum absolute atomic E-state index is 8.98. The molecule has 1 aromatic carbocycles. The third-order valence-corrected chi connectivity index (χ3v) is 3.57. The average molecular weight is 254 g/mol. The first kappa shape index (κ1) is 13.9. The van der Waals surface area contributed by atoms with Gasteiger partial charge in [-0.1, -0.05) is 6.92 Å². The van der Waals surface area contributed by atoms with E-state index >= 15 is 0 Å². The first-order valence-corrected chi connectivity index (χ1v) is 6.37. The number of rotatable bonds is 6. The number of aliphatic hydroxyl groups excluding tert-OH is 1. The van der Waals surface area contributed by atoms with Crippen molar-refractivity contribution in [3.05, 3.63) is 29.3 Å². The second-order valence-corrected chi connectivity index (χ2v) is 5.17. The monoisotopic (exact) mass is 254 g/mol. The van der Waals surface area contributed by atoms with Crippen molar-refractivity contribution >= 4 is 17.6 Å². The molecule has 1 rings (SSSR count). The summed E-state index contributed by atoms with van der Waals surface area (Å²) in [6.07, 6.45) is 0. The lowest BCUT2D eigenvalue weighted by Crippen LogP contribution is -2.11. The van der Waals surface area contributed by atoms with Crippen LogP contribution in [-0.4, -0.2) is 29.9 Å². The van der Waals surface area contributed by atoms with Gasteiger partial charge < -0.3 is 15.6 Å². The van der Waals surface area contributed by atoms with Crippen molar-refractivity contribution in [2.24, 2.45) is 5.73 Å². The Kier molecular flexibility index (Phi) is 5.31. The van der Waals surface area contributed by atoms with E-state index < -0.39 is 0 Å². The fourth-order valence-electron chi connectivity index (χ4n) is 1.34. The minimum Gasteiger partial charge on any atom is -0.496 e. The predicted molar refractivity (Wildman–Crippen MR) is 71.9 cm³/mol. The topological polar surface area (TPSA) is 79.3 Å². The van der Waals surface area contributed by atoms with Crippen LogP contribution in [0.4, 0.5) is 0 Å². The highest BCUT2D eigenvalue weighted by Gasteiger charge is 2.08. The van der Waals surface area contributed by atoms with Crippen LogP contribution in [0.3, 0.4) is 0 Å². The first-order valence-electron chi connectivity index (χ1n) is 5.32. The van der Waals surface area contributed by atoms with E-state index in [0.717, 1.165) is 17.1 Å². The van der Waals surface area contributed by atoms with Gasteiger partial charge in [0, 0.05) is 22.1 Å². The van der Waals surface area contributed by atoms with Crippen molar-refractivity contribution in [3.63, 3.8) is 0 Å². The molecule has 0 spiro atoms. The highest BCUT2D eigenvalue weighted by molar-refractivity contribution is 7.99. The van der Waals surface area contributed by atoms with Gasteiger partial charge in [-0.3, -0.25) is 5.41 Å². The summed E-state index contributed by atoms with van der Waals surface area (Å²) < 4.78 is 5.26. The van der Waals surface area contributed by atoms with E-state index in [2.05, 4.69) is 0 Å². The lowest BCUT2D eigenvalue weighted by atomic mass is 10.1. The van der Waals surface area contributed by atoms with E-state index in [0.29, 0.717) is 5.56 Å². The van der Waals surface area contributed by atoms with Crippen molar-refractivity contribution in [1.29, 1.82) is 5.41 Å². The molecule has 0 heterocycles. The van der Waals surface area contributed by atoms with Gasteiger partial charge in [0.1, 0.15) is 11.6 Å². The van der Waals surface area contributed by atoms with Crippen LogP contribution in [0.25, 0.3) is 0 Å². The Hall–Kier alpha value is -1.20. The summed E-state index contributed by atoms with van der Waals surface area (Å²) in [5.41, 5.74) is 7.14. The third kappa shape index (κ3) is 3.94. The van der Waals surface area contributed by atoms with E-state index in [9.17, 15) is 0 Å². The van der Waals surface area contributed by atoms with Crippen molar-refractivity contribution < 1.29 is 9.84 Å². The molecule has 1 unspecified atom stereocenters. The predicted octanol–water partition coefficient (Wildman–Crippen LogP) is 1.59. The van der Waals surface area contributed by atoms with Gasteiger partial charge in [0.25, 0.3) is 0 Å². The number of methoxy groups -OCH3 is 1. The quantitative estimate of drug-likeness (QED) is 0.532. The molecule has 4 N–H and O–H groups in total. The number of hydrogen-bond acceptors (Lipinski definition) is 4. The molecular formula is C12H18N2O2S. The van der Waals surface area contributed by atoms with Gasteiger partial charge in [-0.15, -0.1) is 0 Å². The summed E-state index contributed by atoms with van der Waals surface area (Å²) in [5.74, 6) is 1.56. The molecule has 0 saturated carbocycles. The maximum Gasteiger partial charge on any atom is 0.122 e. The maximum atomic E-state index is 8.98. The number of nitrogens with two attached hydrogens (primary N) is 1. The Labute approximate surface area is 106 Å². The van der Waals surface area contributed by atoms with Crippen LogP contribution < -0.4 is 10.5 Å². The minimum atomic E-state index is 0.0501. The molecule has 17 heavy (non-hydrogen) atoms. The standard InChI is InChI=1S/C12H18N2O2S/c1-8(6-15)17-7-10-5-9(12(13)14)3-4-11(10)16-2/h3-5,8,15H,6-7H2,1-2H3,(H3,13,14). The second kappa shape index (κ2) is 6.51. The van der Waals surface area contributed by atoms with Crippen molar-refractivity contribution in [2.75, 3.05) is 13.7 Å². The summed E-state index contributed by atoms with van der Waals surface area (Å²) in [6, 6.07) is 5.44. The Morgan fingerprint density at radius 3 is 2.82 bits per heavy atom. The van der Waals surface area contributed by atoms with Crippen LogP contribution in [0.15, 0.2) is 18.2 Å². The lowest BCUT2D eigenvalue weighted by molar-refractivity contribution is 0.300. The van der Waals surface area contributed by atoms with Gasteiger partial charge >= 0.3 is 0 Å². The lowest BCUT2D eigenvalue weighted by Gasteiger charge is -2.12. The van der Waals surface area contributed by atoms with Crippen LogP contribution >= 0.6 is 11.8 Å². The zero-order chi connectivity index (χ0) is 12.8. The van der Waals surface area contributed by atoms with Crippen LogP contribution in [-0.2, 0) is 5.75 Å². The molecule has 0 aliphatic heterocycles. The average Bonchev–Trinajstić information content (AvgIpc) is 2.35. The number of amidine groups is 1. The van der Waals surface area contributed by atoms with Crippen molar-refractivity contribution in [3.8, 4) is 5.75 Å². The molecule has 94 valence electrons. The number of nitrogen functional groups attached to an aromatic ring is 1. The molecule has 5 heteroatoms. The number of nitrogens with one attached hydrogen (secondary N) is 1. The second-order valence-electron chi connectivity index (χ2n) is 3.74. The zero-order valence-corrected chi connectivity index (χ0v) is 10.9. The summed E-state index contributed by atoms with van der Waals surface area (Å²) in [4.78, 5) is 0. The molecule has 0 aliphatic carbocycles. The highest BCUT2D eigenvalue weighted by atomic mass is 32.2. The van der Waals surface area contributed by atoms with E-state index in [-0.39, 0.29) is 17.7 Å². The van der Waals surface area contributed by atoms with E-state index in [1.165, 1.54) is 0 Å². The Morgan fingerprint density at radius 1 is 1.59 bits per heavy atom. The number of aliphatic hydroxyl groups is 1. The Bertz CT molecular complexity index is 396. The van der Waals surface area contributed by atoms with Gasteiger partial charge in [-0.25, -0.2) is 0 Å². The molecule has 0 aliphatic rings. The van der Waals surface area contributed by atoms with Gasteiger partial charge in [-0.05, 0) is 18.2 Å². The molecule has 0 amide bonds. The third-order valence-electron chi connectivity index (χ3n) is 2.37. The molecule has 0 bridgehead atoms. The normalized spacial score (nSPS) is 12.2. The van der Waals surface area contributed by atoms with E-state index in [1.807, 2.05) is 19.1 Å². The fraction of sp³-hybridized carbons (Fsp3) is 0.417. The molecular weight excluding hydrogens is 236 g/mol. The zero-order valence-electron chi connectivity index (χ0n) is 10.1. The number of hydrogen-bond donors (Lipinski definition) is 3. The van der Waals surface area contributed by atoms with Crippen LogP contribution in [0.1, 0.15) is 18.1 Å². The summed E-state index contributed by atoms with van der Waals surface area (Å²) in [7, 11) is 1.62. The molecule has 0 radical (unpaired) electrons. The summed E-state index contributed by atoms with van der Waals surface area (Å²) >= 11 is 1.64.